The van der Waals surface area contributed by atoms with Crippen LogP contribution in [0.5, 0.6) is 0 Å². The normalized spacial score (nSPS) is 19.3. The lowest BCUT2D eigenvalue weighted by Crippen LogP contribution is -2.28. The maximum Gasteiger partial charge on any atom is 0.150 e. The first-order valence-electron chi connectivity index (χ1n) is 6.36. The lowest BCUT2D eigenvalue weighted by Gasteiger charge is -2.26. The van der Waals surface area contributed by atoms with Crippen molar-refractivity contribution >= 4 is 28.3 Å². The molecule has 1 aliphatic rings. The van der Waals surface area contributed by atoms with Crippen molar-refractivity contribution in [3.8, 4) is 0 Å². The predicted molar refractivity (Wildman–Crippen MR) is 77.1 cm³/mol. The highest BCUT2D eigenvalue weighted by Crippen LogP contribution is 2.38. The van der Waals surface area contributed by atoms with E-state index in [1.807, 2.05) is 6.07 Å². The van der Waals surface area contributed by atoms with E-state index in [2.05, 4.69) is 44.2 Å². The average Bonchev–Trinajstić information content (AvgIpc) is 2.35. The van der Waals surface area contributed by atoms with Gasteiger partial charge in [0, 0.05) is 11.3 Å². The monoisotopic (exact) mass is 256 g/mol. The number of carbonyl (C=O) groups is 1. The van der Waals surface area contributed by atoms with Crippen molar-refractivity contribution in [2.75, 3.05) is 0 Å². The first-order chi connectivity index (χ1) is 8.65. The van der Waals surface area contributed by atoms with Crippen LogP contribution in [-0.2, 0) is 11.2 Å². The molecule has 0 spiro atoms. The summed E-state index contributed by atoms with van der Waals surface area (Å²) in [4.78, 5) is 13.4. The number of rotatable bonds is 1. The second-order valence-corrected chi connectivity index (χ2v) is 6.42. The zero-order chi connectivity index (χ0) is 12.7. The summed E-state index contributed by atoms with van der Waals surface area (Å²) < 4.78 is 0. The van der Waals surface area contributed by atoms with Crippen LogP contribution in [0.2, 0.25) is 0 Å². The summed E-state index contributed by atoms with van der Waals surface area (Å²) in [5, 5.41) is 2.62. The van der Waals surface area contributed by atoms with Gasteiger partial charge in [0.1, 0.15) is 0 Å². The molecule has 0 saturated heterocycles. The largest absolute Gasteiger partial charge is 0.298 e. The zero-order valence-electron chi connectivity index (χ0n) is 10.6. The van der Waals surface area contributed by atoms with Crippen molar-refractivity contribution in [1.82, 2.24) is 0 Å². The quantitative estimate of drug-likeness (QED) is 0.764. The lowest BCUT2D eigenvalue weighted by atomic mass is 9.97. The molecule has 1 aliphatic heterocycles. The van der Waals surface area contributed by atoms with E-state index in [4.69, 9.17) is 0 Å². The van der Waals surface area contributed by atoms with Crippen LogP contribution >= 0.6 is 11.8 Å². The summed E-state index contributed by atoms with van der Waals surface area (Å²) in [7, 11) is 0. The molecule has 2 heteroatoms. The molecule has 0 amide bonds. The first kappa shape index (κ1) is 11.8. The Kier molecular flexibility index (Phi) is 2.90. The second kappa shape index (κ2) is 4.43. The van der Waals surface area contributed by atoms with Gasteiger partial charge in [0.15, 0.2) is 5.78 Å². The van der Waals surface area contributed by atoms with Gasteiger partial charge in [-0.2, -0.15) is 0 Å². The van der Waals surface area contributed by atoms with E-state index in [1.54, 1.807) is 11.8 Å². The minimum atomic E-state index is 0.124. The molecule has 0 radical (unpaired) electrons. The number of fused-ring (bicyclic) bond motifs is 2. The van der Waals surface area contributed by atoms with Gasteiger partial charge in [-0.05, 0) is 34.4 Å². The van der Waals surface area contributed by atoms with E-state index >= 15 is 0 Å². The third-order valence-electron chi connectivity index (χ3n) is 3.47. The highest BCUT2D eigenvalue weighted by Gasteiger charge is 2.29. The van der Waals surface area contributed by atoms with Gasteiger partial charge in [0.05, 0.1) is 5.25 Å². The molecule has 1 heterocycles. The van der Waals surface area contributed by atoms with Gasteiger partial charge in [-0.25, -0.2) is 0 Å². The highest BCUT2D eigenvalue weighted by molar-refractivity contribution is 8.00. The highest BCUT2D eigenvalue weighted by atomic mass is 32.2. The Morgan fingerprint density at radius 1 is 1.17 bits per heavy atom. The molecule has 2 aromatic carbocycles. The van der Waals surface area contributed by atoms with Gasteiger partial charge in [-0.1, -0.05) is 38.1 Å². The van der Waals surface area contributed by atoms with Crippen LogP contribution < -0.4 is 0 Å². The van der Waals surface area contributed by atoms with Crippen LogP contribution in [0, 0.1) is 5.92 Å². The Labute approximate surface area is 112 Å². The van der Waals surface area contributed by atoms with Gasteiger partial charge in [0.25, 0.3) is 0 Å². The van der Waals surface area contributed by atoms with Crippen molar-refractivity contribution in [3.05, 3.63) is 42.0 Å². The van der Waals surface area contributed by atoms with Crippen molar-refractivity contribution in [1.29, 1.82) is 0 Å². The molecular formula is C16H16OS. The number of hydrogen-bond acceptors (Lipinski definition) is 2. The maximum atomic E-state index is 12.1. The molecule has 92 valence electrons. The molecule has 0 aliphatic carbocycles. The fourth-order valence-corrected chi connectivity index (χ4v) is 3.75. The van der Waals surface area contributed by atoms with Gasteiger partial charge in [-0.3, -0.25) is 4.79 Å². The average molecular weight is 256 g/mol. The molecule has 18 heavy (non-hydrogen) atoms. The number of hydrogen-bond donors (Lipinski definition) is 0. The summed E-state index contributed by atoms with van der Waals surface area (Å²) in [5.74, 6) is 0.778. The van der Waals surface area contributed by atoms with E-state index in [1.165, 1.54) is 21.2 Å². The molecule has 1 unspecified atom stereocenters. The Morgan fingerprint density at radius 3 is 2.50 bits per heavy atom. The number of carbonyl (C=O) groups excluding carboxylic acids is 1. The minimum Gasteiger partial charge on any atom is -0.298 e. The number of thioether (sulfide) groups is 1. The molecule has 3 rings (SSSR count). The van der Waals surface area contributed by atoms with Gasteiger partial charge in [0.2, 0.25) is 0 Å². The lowest BCUT2D eigenvalue weighted by molar-refractivity contribution is -0.118. The molecule has 2 aromatic rings. The Morgan fingerprint density at radius 2 is 1.83 bits per heavy atom. The number of benzene rings is 2. The first-order valence-corrected chi connectivity index (χ1v) is 7.24. The summed E-state index contributed by atoms with van der Waals surface area (Å²) >= 11 is 1.74. The number of Topliss-reactive ketones (excluding diaryl/α,β-unsaturated/α-hetero) is 1. The van der Waals surface area contributed by atoms with E-state index < -0.39 is 0 Å². The summed E-state index contributed by atoms with van der Waals surface area (Å²) in [6.45, 7) is 4.25. The zero-order valence-corrected chi connectivity index (χ0v) is 11.5. The molecule has 0 saturated carbocycles. The van der Waals surface area contributed by atoms with E-state index in [0.717, 1.165) is 0 Å². The molecule has 0 bridgehead atoms. The van der Waals surface area contributed by atoms with E-state index in [-0.39, 0.29) is 5.25 Å². The third kappa shape index (κ3) is 1.95. The van der Waals surface area contributed by atoms with Crippen molar-refractivity contribution < 1.29 is 4.79 Å². The van der Waals surface area contributed by atoms with Crippen LogP contribution in [-0.4, -0.2) is 11.0 Å². The maximum absolute atomic E-state index is 12.1. The molecule has 0 fully saturated rings. The Bertz CT molecular complexity index is 616. The minimum absolute atomic E-state index is 0.124. The molecule has 1 atom stereocenters. The second-order valence-electron chi connectivity index (χ2n) is 5.23. The third-order valence-corrected chi connectivity index (χ3v) is 5.17. The van der Waals surface area contributed by atoms with E-state index in [0.29, 0.717) is 18.1 Å². The summed E-state index contributed by atoms with van der Waals surface area (Å²) in [6.07, 6.45) is 0.593. The topological polar surface area (TPSA) is 17.1 Å². The van der Waals surface area contributed by atoms with Crippen LogP contribution in [0.1, 0.15) is 19.4 Å². The van der Waals surface area contributed by atoms with E-state index in [9.17, 15) is 4.79 Å². The summed E-state index contributed by atoms with van der Waals surface area (Å²) in [6, 6.07) is 12.8. The molecular weight excluding hydrogens is 240 g/mol. The van der Waals surface area contributed by atoms with Crippen molar-refractivity contribution in [2.24, 2.45) is 5.92 Å². The fraction of sp³-hybridized carbons (Fsp3) is 0.312. The van der Waals surface area contributed by atoms with Crippen molar-refractivity contribution in [3.63, 3.8) is 0 Å². The Hall–Kier alpha value is -1.28. The fourth-order valence-electron chi connectivity index (χ4n) is 2.51. The van der Waals surface area contributed by atoms with Gasteiger partial charge < -0.3 is 0 Å². The molecule has 1 nitrogen and oxygen atoms in total. The standard InChI is InChI=1S/C16H16OS/c1-10(2)16-14(17)8-13-7-11-5-3-4-6-12(11)9-15(13)18-16/h3-7,9-10,16H,8H2,1-2H3. The van der Waals surface area contributed by atoms with Crippen molar-refractivity contribution in [2.45, 2.75) is 30.4 Å². The molecule has 0 aromatic heterocycles. The Balaban J connectivity index is 2.10. The van der Waals surface area contributed by atoms with Gasteiger partial charge in [-0.15, -0.1) is 11.8 Å². The molecule has 0 N–H and O–H groups in total. The van der Waals surface area contributed by atoms with Crippen LogP contribution in [0.15, 0.2) is 41.3 Å². The van der Waals surface area contributed by atoms with Crippen LogP contribution in [0.3, 0.4) is 0 Å². The summed E-state index contributed by atoms with van der Waals surface area (Å²) in [5.41, 5.74) is 1.20. The predicted octanol–water partition coefficient (Wildman–Crippen LogP) is 4.08. The van der Waals surface area contributed by atoms with Crippen LogP contribution in [0.25, 0.3) is 10.8 Å². The van der Waals surface area contributed by atoms with Crippen LogP contribution in [0.4, 0.5) is 0 Å². The van der Waals surface area contributed by atoms with Gasteiger partial charge >= 0.3 is 0 Å². The smallest absolute Gasteiger partial charge is 0.150 e. The number of ketones is 1. The SMILES string of the molecule is CC(C)C1Sc2cc3ccccc3cc2CC1=O.